The van der Waals surface area contributed by atoms with Gasteiger partial charge in [0.15, 0.2) is 22.8 Å². The lowest BCUT2D eigenvalue weighted by Gasteiger charge is -2.28. The summed E-state index contributed by atoms with van der Waals surface area (Å²) in [5.41, 5.74) is 15.3. The number of nitrogens with zero attached hydrogens (tertiary/aromatic N) is 8. The van der Waals surface area contributed by atoms with Gasteiger partial charge in [-0.3, -0.25) is 4.57 Å². The second-order valence-corrected chi connectivity index (χ2v) is 9.33. The predicted molar refractivity (Wildman–Crippen MR) is 126 cm³/mol. The van der Waals surface area contributed by atoms with Crippen LogP contribution >= 0.6 is 0 Å². The van der Waals surface area contributed by atoms with Crippen molar-refractivity contribution in [3.05, 3.63) is 11.9 Å². The third-order valence-electron chi connectivity index (χ3n) is 6.75. The number of nitrogens with two attached hydrogens (primary N) is 2. The predicted octanol–water partition coefficient (Wildman–Crippen LogP) is 0.958. The van der Waals surface area contributed by atoms with Crippen molar-refractivity contribution in [2.24, 2.45) is 11.7 Å². The number of aromatic nitrogens is 6. The minimum Gasteiger partial charge on any atom is -0.378 e. The molecule has 4 N–H and O–H groups in total. The summed E-state index contributed by atoms with van der Waals surface area (Å²) >= 11 is 0. The molecule has 1 aliphatic carbocycles. The maximum absolute atomic E-state index is 6.24. The largest absolute Gasteiger partial charge is 0.378 e. The van der Waals surface area contributed by atoms with Crippen LogP contribution in [0.4, 0.5) is 17.7 Å². The Kier molecular flexibility index (Phi) is 5.02. The molecule has 174 valence electrons. The number of imidazole rings is 1. The summed E-state index contributed by atoms with van der Waals surface area (Å²) in [4.78, 5) is 28.3. The van der Waals surface area contributed by atoms with E-state index in [0.29, 0.717) is 25.0 Å². The molecule has 1 saturated carbocycles. The highest BCUT2D eigenvalue weighted by atomic mass is 16.5. The van der Waals surface area contributed by atoms with Crippen molar-refractivity contribution in [3.63, 3.8) is 0 Å². The molecular formula is C22H30N10O. The minimum atomic E-state index is 0.175. The number of nitrogen functional groups attached to an aromatic ring is 1. The Hall–Kier alpha value is -3.05. The van der Waals surface area contributed by atoms with Crippen molar-refractivity contribution >= 4 is 28.9 Å². The maximum Gasteiger partial charge on any atom is 0.220 e. The van der Waals surface area contributed by atoms with Crippen LogP contribution in [0.1, 0.15) is 25.0 Å². The summed E-state index contributed by atoms with van der Waals surface area (Å²) < 4.78 is 7.88. The van der Waals surface area contributed by atoms with Gasteiger partial charge in [-0.25, -0.2) is 24.9 Å². The van der Waals surface area contributed by atoms with E-state index in [-0.39, 0.29) is 12.0 Å². The average molecular weight is 451 g/mol. The molecule has 3 aliphatic rings. The highest BCUT2D eigenvalue weighted by molar-refractivity contribution is 5.88. The molecule has 2 saturated heterocycles. The molecule has 3 aromatic heterocycles. The summed E-state index contributed by atoms with van der Waals surface area (Å²) in [5, 5.41) is 0. The smallest absolute Gasteiger partial charge is 0.220 e. The van der Waals surface area contributed by atoms with Gasteiger partial charge in [0.25, 0.3) is 0 Å². The van der Waals surface area contributed by atoms with Gasteiger partial charge >= 0.3 is 0 Å². The van der Waals surface area contributed by atoms with E-state index in [1.807, 2.05) is 6.92 Å². The molecule has 11 heteroatoms. The quantitative estimate of drug-likeness (QED) is 0.578. The van der Waals surface area contributed by atoms with Crippen LogP contribution in [0.2, 0.25) is 0 Å². The van der Waals surface area contributed by atoms with E-state index in [4.69, 9.17) is 31.2 Å². The topological polar surface area (TPSA) is 137 Å². The Labute approximate surface area is 192 Å². The van der Waals surface area contributed by atoms with E-state index in [1.54, 1.807) is 6.20 Å². The van der Waals surface area contributed by atoms with Gasteiger partial charge < -0.3 is 26.0 Å². The molecule has 3 fully saturated rings. The Balaban J connectivity index is 1.56. The van der Waals surface area contributed by atoms with Gasteiger partial charge in [-0.1, -0.05) is 0 Å². The number of hydrogen-bond donors (Lipinski definition) is 2. The van der Waals surface area contributed by atoms with Crippen molar-refractivity contribution in [1.82, 2.24) is 29.5 Å². The first-order valence-electron chi connectivity index (χ1n) is 11.8. The lowest BCUT2D eigenvalue weighted by molar-refractivity contribution is 0.122. The fraction of sp³-hybridized carbons (Fsp3) is 0.591. The van der Waals surface area contributed by atoms with Gasteiger partial charge in [-0.2, -0.15) is 0 Å². The maximum atomic E-state index is 6.24. The molecular weight excluding hydrogens is 420 g/mol. The molecule has 2 aliphatic heterocycles. The number of hydrogen-bond acceptors (Lipinski definition) is 10. The number of rotatable bonds is 5. The first-order chi connectivity index (χ1) is 16.1. The third-order valence-corrected chi connectivity index (χ3v) is 6.75. The monoisotopic (exact) mass is 450 g/mol. The summed E-state index contributed by atoms with van der Waals surface area (Å²) in [6, 6.07) is 0.175. The third kappa shape index (κ3) is 3.84. The molecule has 5 heterocycles. The van der Waals surface area contributed by atoms with Gasteiger partial charge in [-0.15, -0.1) is 0 Å². The SMILES string of the molecule is Cc1nc(N)ncc1-c1nc(N2CCOCC2)c2nc(N3CC[C@H](N)C3)n(CC3CC3)c2n1. The number of morpholine rings is 1. The van der Waals surface area contributed by atoms with Crippen molar-refractivity contribution in [2.75, 3.05) is 54.9 Å². The Morgan fingerprint density at radius 1 is 1.03 bits per heavy atom. The van der Waals surface area contributed by atoms with Crippen molar-refractivity contribution in [2.45, 2.75) is 38.8 Å². The van der Waals surface area contributed by atoms with Crippen LogP contribution in [0.5, 0.6) is 0 Å². The first kappa shape index (κ1) is 20.5. The number of fused-ring (bicyclic) bond motifs is 1. The molecule has 1 atom stereocenters. The number of ether oxygens (including phenoxy) is 1. The lowest BCUT2D eigenvalue weighted by atomic mass is 10.2. The lowest BCUT2D eigenvalue weighted by Crippen LogP contribution is -2.37. The summed E-state index contributed by atoms with van der Waals surface area (Å²) in [5.74, 6) is 3.31. The van der Waals surface area contributed by atoms with E-state index < -0.39 is 0 Å². The molecule has 3 aromatic rings. The molecule has 0 aromatic carbocycles. The molecule has 0 radical (unpaired) electrons. The Morgan fingerprint density at radius 3 is 2.55 bits per heavy atom. The van der Waals surface area contributed by atoms with E-state index >= 15 is 0 Å². The standard InChI is InChI=1S/C22H30N10O/c1-13-16(10-25-21(24)26-13)18-28-19(30-6-8-33-9-7-30)17-20(29-18)32(11-14-2-3-14)22(27-17)31-5-4-15(23)12-31/h10,14-15H,2-9,11-12,23H2,1H3,(H2,24,25,26)/t15-/m0/s1. The van der Waals surface area contributed by atoms with Gasteiger partial charge in [0.1, 0.15) is 0 Å². The van der Waals surface area contributed by atoms with E-state index in [2.05, 4.69) is 24.3 Å². The molecule has 0 amide bonds. The fourth-order valence-electron chi connectivity index (χ4n) is 4.73. The number of aryl methyl sites for hydroxylation is 1. The fourth-order valence-corrected chi connectivity index (χ4v) is 4.73. The van der Waals surface area contributed by atoms with Crippen LogP contribution in [-0.2, 0) is 11.3 Å². The molecule has 0 unspecified atom stereocenters. The Morgan fingerprint density at radius 2 is 1.85 bits per heavy atom. The van der Waals surface area contributed by atoms with E-state index in [0.717, 1.165) is 73.3 Å². The molecule has 0 bridgehead atoms. The van der Waals surface area contributed by atoms with Crippen LogP contribution in [-0.4, -0.2) is 74.9 Å². The zero-order chi connectivity index (χ0) is 22.5. The summed E-state index contributed by atoms with van der Waals surface area (Å²) in [6.45, 7) is 7.41. The highest BCUT2D eigenvalue weighted by Gasteiger charge is 2.31. The zero-order valence-electron chi connectivity index (χ0n) is 18.9. The van der Waals surface area contributed by atoms with Crippen LogP contribution in [0.15, 0.2) is 6.20 Å². The molecule has 0 spiro atoms. The average Bonchev–Trinajstić information content (AvgIpc) is 3.42. The van der Waals surface area contributed by atoms with Crippen molar-refractivity contribution in [3.8, 4) is 11.4 Å². The van der Waals surface area contributed by atoms with Gasteiger partial charge in [0.05, 0.1) is 24.5 Å². The minimum absolute atomic E-state index is 0.175. The van der Waals surface area contributed by atoms with Crippen LogP contribution in [0, 0.1) is 12.8 Å². The van der Waals surface area contributed by atoms with Crippen molar-refractivity contribution < 1.29 is 4.74 Å². The summed E-state index contributed by atoms with van der Waals surface area (Å²) in [7, 11) is 0. The van der Waals surface area contributed by atoms with Gasteiger partial charge in [0, 0.05) is 45.0 Å². The highest BCUT2D eigenvalue weighted by Crippen LogP contribution is 2.37. The zero-order valence-corrected chi connectivity index (χ0v) is 18.9. The van der Waals surface area contributed by atoms with E-state index in [1.165, 1.54) is 12.8 Å². The first-order valence-corrected chi connectivity index (χ1v) is 11.8. The number of anilines is 3. The molecule has 33 heavy (non-hydrogen) atoms. The summed E-state index contributed by atoms with van der Waals surface area (Å²) in [6.07, 6.45) is 5.18. The Bertz CT molecular complexity index is 1180. The van der Waals surface area contributed by atoms with Crippen LogP contribution in [0.3, 0.4) is 0 Å². The van der Waals surface area contributed by atoms with E-state index in [9.17, 15) is 0 Å². The van der Waals surface area contributed by atoms with Crippen LogP contribution < -0.4 is 21.3 Å². The van der Waals surface area contributed by atoms with Crippen molar-refractivity contribution in [1.29, 1.82) is 0 Å². The normalized spacial score (nSPS) is 21.3. The second kappa shape index (κ2) is 8.07. The second-order valence-electron chi connectivity index (χ2n) is 9.33. The molecule has 11 nitrogen and oxygen atoms in total. The van der Waals surface area contributed by atoms with Crippen LogP contribution in [0.25, 0.3) is 22.6 Å². The van der Waals surface area contributed by atoms with Gasteiger partial charge in [0.2, 0.25) is 11.9 Å². The molecule has 6 rings (SSSR count). The van der Waals surface area contributed by atoms with Gasteiger partial charge in [-0.05, 0) is 32.1 Å².